The molecule has 156 valence electrons. The van der Waals surface area contributed by atoms with Crippen molar-refractivity contribution in [2.75, 3.05) is 19.6 Å². The van der Waals surface area contributed by atoms with Crippen molar-refractivity contribution >= 4 is 16.7 Å². The number of amides is 1. The van der Waals surface area contributed by atoms with Crippen LogP contribution in [0.4, 0.5) is 0 Å². The number of benzene rings is 2. The van der Waals surface area contributed by atoms with Crippen molar-refractivity contribution in [1.82, 2.24) is 20.0 Å². The number of fused-ring (bicyclic) bond motifs is 1. The van der Waals surface area contributed by atoms with Crippen LogP contribution in [0.25, 0.3) is 10.8 Å². The molecule has 6 nitrogen and oxygen atoms in total. The highest BCUT2D eigenvalue weighted by Crippen LogP contribution is 2.18. The van der Waals surface area contributed by atoms with Crippen molar-refractivity contribution in [2.45, 2.75) is 25.8 Å². The number of nitrogens with one attached hydrogen (secondary N) is 1. The Morgan fingerprint density at radius 1 is 1.10 bits per heavy atom. The van der Waals surface area contributed by atoms with E-state index in [0.29, 0.717) is 23.5 Å². The molecule has 1 aliphatic heterocycles. The highest BCUT2D eigenvalue weighted by molar-refractivity contribution is 5.88. The lowest BCUT2D eigenvalue weighted by Gasteiger charge is -2.32. The number of carbonyl (C=O) groups is 1. The summed E-state index contributed by atoms with van der Waals surface area (Å²) < 4.78 is 1.31. The Bertz CT molecular complexity index is 1080. The fourth-order valence-corrected chi connectivity index (χ4v) is 4.28. The van der Waals surface area contributed by atoms with E-state index in [2.05, 4.69) is 39.6 Å². The normalized spacial score (nSPS) is 17.2. The Labute approximate surface area is 176 Å². The van der Waals surface area contributed by atoms with Crippen molar-refractivity contribution in [3.8, 4) is 0 Å². The third kappa shape index (κ3) is 4.76. The third-order valence-electron chi connectivity index (χ3n) is 5.80. The van der Waals surface area contributed by atoms with Gasteiger partial charge >= 0.3 is 0 Å². The Hall–Kier alpha value is -2.99. The molecular formula is C24H28N4O2. The van der Waals surface area contributed by atoms with E-state index in [0.717, 1.165) is 37.9 Å². The average molecular weight is 405 g/mol. The van der Waals surface area contributed by atoms with Crippen molar-refractivity contribution in [1.29, 1.82) is 0 Å². The summed E-state index contributed by atoms with van der Waals surface area (Å²) in [4.78, 5) is 27.3. The molecule has 2 aromatic carbocycles. The second-order valence-electron chi connectivity index (χ2n) is 8.13. The zero-order chi connectivity index (χ0) is 20.9. The summed E-state index contributed by atoms with van der Waals surface area (Å²) in [5.41, 5.74) is 1.82. The van der Waals surface area contributed by atoms with E-state index in [1.165, 1.54) is 10.2 Å². The smallest absolute Gasteiger partial charge is 0.274 e. The fourth-order valence-electron chi connectivity index (χ4n) is 4.28. The lowest BCUT2D eigenvalue weighted by molar-refractivity contribution is -0.120. The van der Waals surface area contributed by atoms with Crippen LogP contribution in [-0.4, -0.2) is 40.2 Å². The maximum absolute atomic E-state index is 12.6. The minimum Gasteiger partial charge on any atom is -0.355 e. The van der Waals surface area contributed by atoms with Crippen LogP contribution in [0.1, 0.15) is 24.1 Å². The molecule has 0 bridgehead atoms. The summed E-state index contributed by atoms with van der Waals surface area (Å²) in [6.45, 7) is 3.73. The van der Waals surface area contributed by atoms with E-state index in [1.807, 2.05) is 24.3 Å². The standard InChI is InChI=1S/C24H28N4O2/c1-27-24(30)21-12-6-5-11-20(21)22(26-27)14-23(29)25-15-19-10-7-13-28(17-19)16-18-8-3-2-4-9-18/h2-6,8-9,11-12,19H,7,10,13-17H2,1H3,(H,25,29). The Balaban J connectivity index is 1.34. The molecule has 1 fully saturated rings. The van der Waals surface area contributed by atoms with Crippen molar-refractivity contribution < 1.29 is 4.79 Å². The molecule has 1 unspecified atom stereocenters. The van der Waals surface area contributed by atoms with Gasteiger partial charge in [-0.2, -0.15) is 5.10 Å². The predicted molar refractivity (Wildman–Crippen MR) is 118 cm³/mol. The summed E-state index contributed by atoms with van der Waals surface area (Å²) in [7, 11) is 1.62. The number of hydrogen-bond acceptors (Lipinski definition) is 4. The van der Waals surface area contributed by atoms with Crippen LogP contribution in [0.5, 0.6) is 0 Å². The molecule has 0 spiro atoms. The van der Waals surface area contributed by atoms with Crippen LogP contribution in [0.15, 0.2) is 59.4 Å². The number of likely N-dealkylation sites (tertiary alicyclic amines) is 1. The van der Waals surface area contributed by atoms with Gasteiger partial charge in [0.15, 0.2) is 0 Å². The van der Waals surface area contributed by atoms with Gasteiger partial charge in [0.25, 0.3) is 5.56 Å². The summed E-state index contributed by atoms with van der Waals surface area (Å²) >= 11 is 0. The molecule has 0 aliphatic carbocycles. The minimum absolute atomic E-state index is 0.0496. The fraction of sp³-hybridized carbons (Fsp3) is 0.375. The van der Waals surface area contributed by atoms with Gasteiger partial charge in [0, 0.05) is 32.1 Å². The van der Waals surface area contributed by atoms with E-state index < -0.39 is 0 Å². The lowest BCUT2D eigenvalue weighted by Crippen LogP contribution is -2.41. The Morgan fingerprint density at radius 2 is 1.83 bits per heavy atom. The highest BCUT2D eigenvalue weighted by atomic mass is 16.1. The van der Waals surface area contributed by atoms with Gasteiger partial charge in [0.1, 0.15) is 0 Å². The van der Waals surface area contributed by atoms with E-state index in [9.17, 15) is 9.59 Å². The summed E-state index contributed by atoms with van der Waals surface area (Å²) in [6.07, 6.45) is 2.46. The first-order chi connectivity index (χ1) is 14.6. The second-order valence-corrected chi connectivity index (χ2v) is 8.13. The topological polar surface area (TPSA) is 67.2 Å². The van der Waals surface area contributed by atoms with Crippen LogP contribution in [0.3, 0.4) is 0 Å². The molecule has 1 amide bonds. The van der Waals surface area contributed by atoms with Crippen LogP contribution in [0.2, 0.25) is 0 Å². The van der Waals surface area contributed by atoms with Gasteiger partial charge in [0.05, 0.1) is 17.5 Å². The van der Waals surface area contributed by atoms with E-state index in [-0.39, 0.29) is 17.9 Å². The summed E-state index contributed by atoms with van der Waals surface area (Å²) in [5, 5.41) is 8.77. The highest BCUT2D eigenvalue weighted by Gasteiger charge is 2.21. The molecule has 1 saturated heterocycles. The van der Waals surface area contributed by atoms with Gasteiger partial charge in [-0.1, -0.05) is 48.5 Å². The van der Waals surface area contributed by atoms with Gasteiger partial charge in [0.2, 0.25) is 5.91 Å². The molecule has 1 aromatic heterocycles. The van der Waals surface area contributed by atoms with Crippen LogP contribution in [-0.2, 0) is 24.8 Å². The van der Waals surface area contributed by atoms with Gasteiger partial charge in [-0.15, -0.1) is 0 Å². The molecule has 0 radical (unpaired) electrons. The zero-order valence-electron chi connectivity index (χ0n) is 17.4. The number of nitrogens with zero attached hydrogens (tertiary/aromatic N) is 3. The first kappa shape index (κ1) is 20.3. The lowest BCUT2D eigenvalue weighted by atomic mass is 9.97. The van der Waals surface area contributed by atoms with Crippen LogP contribution in [0, 0.1) is 5.92 Å². The molecule has 6 heteroatoms. The minimum atomic E-state index is -0.143. The Morgan fingerprint density at radius 3 is 2.63 bits per heavy atom. The van der Waals surface area contributed by atoms with Gasteiger partial charge in [-0.3, -0.25) is 14.5 Å². The molecule has 3 aromatic rings. The van der Waals surface area contributed by atoms with Crippen molar-refractivity contribution in [3.63, 3.8) is 0 Å². The van der Waals surface area contributed by atoms with Gasteiger partial charge in [-0.05, 0) is 36.9 Å². The monoisotopic (exact) mass is 404 g/mol. The average Bonchev–Trinajstić information content (AvgIpc) is 2.77. The Kier molecular flexibility index (Phi) is 6.23. The maximum Gasteiger partial charge on any atom is 0.274 e. The quantitative estimate of drug-likeness (QED) is 0.686. The number of carbonyl (C=O) groups excluding carboxylic acids is 1. The number of aryl methyl sites for hydroxylation is 1. The number of hydrogen-bond donors (Lipinski definition) is 1. The molecule has 1 N–H and O–H groups in total. The molecular weight excluding hydrogens is 376 g/mol. The predicted octanol–water partition coefficient (Wildman–Crippen LogP) is 2.50. The van der Waals surface area contributed by atoms with E-state index in [4.69, 9.17) is 0 Å². The second kappa shape index (κ2) is 9.22. The van der Waals surface area contributed by atoms with Crippen LogP contribution < -0.4 is 10.9 Å². The molecule has 4 rings (SSSR count). The number of aromatic nitrogens is 2. The summed E-state index contributed by atoms with van der Waals surface area (Å²) in [6, 6.07) is 17.9. The third-order valence-corrected chi connectivity index (χ3v) is 5.80. The van der Waals surface area contributed by atoms with Crippen molar-refractivity contribution in [3.05, 3.63) is 76.2 Å². The summed E-state index contributed by atoms with van der Waals surface area (Å²) in [5.74, 6) is 0.405. The zero-order valence-corrected chi connectivity index (χ0v) is 17.4. The first-order valence-corrected chi connectivity index (χ1v) is 10.6. The van der Waals surface area contributed by atoms with Gasteiger partial charge < -0.3 is 5.32 Å². The molecule has 0 saturated carbocycles. The number of rotatable bonds is 6. The largest absolute Gasteiger partial charge is 0.355 e. The van der Waals surface area contributed by atoms with Crippen molar-refractivity contribution in [2.24, 2.45) is 13.0 Å². The maximum atomic E-state index is 12.6. The van der Waals surface area contributed by atoms with E-state index >= 15 is 0 Å². The molecule has 1 atom stereocenters. The molecule has 30 heavy (non-hydrogen) atoms. The SMILES string of the molecule is Cn1nc(CC(=O)NCC2CCCN(Cc3ccccc3)C2)c2ccccc2c1=O. The molecule has 2 heterocycles. The van der Waals surface area contributed by atoms with Gasteiger partial charge in [-0.25, -0.2) is 4.68 Å². The van der Waals surface area contributed by atoms with E-state index in [1.54, 1.807) is 13.1 Å². The molecule has 1 aliphatic rings. The van der Waals surface area contributed by atoms with Crippen LogP contribution >= 0.6 is 0 Å². The first-order valence-electron chi connectivity index (χ1n) is 10.6. The number of piperidine rings is 1.